The van der Waals surface area contributed by atoms with Crippen molar-refractivity contribution in [2.45, 2.75) is 19.4 Å². The molecule has 0 fully saturated rings. The first-order valence-electron chi connectivity index (χ1n) is 11.0. The number of benzene rings is 3. The molecule has 6 rings (SSSR count). The van der Waals surface area contributed by atoms with Crippen LogP contribution in [0, 0.1) is 6.92 Å². The Kier molecular flexibility index (Phi) is 5.39. The number of fused-ring (bicyclic) bond motifs is 4. The van der Waals surface area contributed by atoms with Crippen LogP contribution in [0.1, 0.15) is 23.6 Å². The molecule has 1 amide bonds. The summed E-state index contributed by atoms with van der Waals surface area (Å²) in [5.74, 6) is 0.188. The molecule has 0 radical (unpaired) electrons. The van der Waals surface area contributed by atoms with Gasteiger partial charge in [0, 0.05) is 29.4 Å². The monoisotopic (exact) mass is 483 g/mol. The summed E-state index contributed by atoms with van der Waals surface area (Å²) in [6.45, 7) is 2.09. The zero-order valence-corrected chi connectivity index (χ0v) is 20.1. The number of hydrogen-bond acceptors (Lipinski definition) is 7. The van der Waals surface area contributed by atoms with E-state index >= 15 is 0 Å². The van der Waals surface area contributed by atoms with E-state index in [1.807, 2.05) is 53.7 Å². The molecule has 168 valence electrons. The van der Waals surface area contributed by atoms with E-state index in [1.54, 1.807) is 11.3 Å². The van der Waals surface area contributed by atoms with Crippen molar-refractivity contribution in [2.24, 2.45) is 10.1 Å². The van der Waals surface area contributed by atoms with Crippen LogP contribution in [-0.4, -0.2) is 33.0 Å². The number of para-hydroxylation sites is 1. The van der Waals surface area contributed by atoms with Gasteiger partial charge in [0.05, 0.1) is 27.7 Å². The summed E-state index contributed by atoms with van der Waals surface area (Å²) in [6.07, 6.45) is 2.76. The molecule has 2 aliphatic heterocycles. The Morgan fingerprint density at radius 1 is 1.15 bits per heavy atom. The molecule has 1 unspecified atom stereocenters. The van der Waals surface area contributed by atoms with Gasteiger partial charge in [-0.1, -0.05) is 36.0 Å². The number of hydrogen-bond donors (Lipinski definition) is 1. The fraction of sp³-hybridized carbons (Fsp3) is 0.154. The molecule has 8 heteroatoms. The molecule has 2 aliphatic rings. The molecule has 1 atom stereocenters. The largest absolute Gasteiger partial charge is 0.325 e. The molecule has 3 aromatic carbocycles. The van der Waals surface area contributed by atoms with Gasteiger partial charge in [-0.15, -0.1) is 11.3 Å². The van der Waals surface area contributed by atoms with Crippen molar-refractivity contribution in [2.75, 3.05) is 11.1 Å². The van der Waals surface area contributed by atoms with Gasteiger partial charge in [0.1, 0.15) is 5.01 Å². The number of thiazole rings is 1. The Balaban J connectivity index is 1.12. The lowest BCUT2D eigenvalue weighted by Crippen LogP contribution is -2.29. The van der Waals surface area contributed by atoms with Gasteiger partial charge in [0.15, 0.2) is 5.17 Å². The van der Waals surface area contributed by atoms with Gasteiger partial charge >= 0.3 is 0 Å². The number of carbonyl (C=O) groups excluding carboxylic acids is 1. The number of carbonyl (C=O) groups is 1. The first kappa shape index (κ1) is 21.1. The molecule has 4 aromatic rings. The van der Waals surface area contributed by atoms with Crippen LogP contribution >= 0.6 is 23.1 Å². The highest BCUT2D eigenvalue weighted by Crippen LogP contribution is 2.41. The van der Waals surface area contributed by atoms with Gasteiger partial charge in [0.25, 0.3) is 0 Å². The molecule has 1 aromatic heterocycles. The molecular formula is C26H21N5OS2. The average molecular weight is 484 g/mol. The lowest BCUT2D eigenvalue weighted by atomic mass is 10.0. The van der Waals surface area contributed by atoms with E-state index < -0.39 is 0 Å². The molecule has 0 aliphatic carbocycles. The molecule has 0 saturated carbocycles. The number of aliphatic imine (C=N–C) groups is 1. The minimum Gasteiger partial charge on any atom is -0.325 e. The third-order valence-electron chi connectivity index (χ3n) is 5.83. The van der Waals surface area contributed by atoms with Crippen LogP contribution in [0.15, 0.2) is 76.8 Å². The summed E-state index contributed by atoms with van der Waals surface area (Å²) in [6, 6.07) is 22.4. The van der Waals surface area contributed by atoms with Gasteiger partial charge in [-0.2, -0.15) is 5.10 Å². The van der Waals surface area contributed by atoms with Crippen molar-refractivity contribution in [1.82, 2.24) is 9.99 Å². The minimum atomic E-state index is -0.0745. The topological polar surface area (TPSA) is 70.0 Å². The molecule has 3 heterocycles. The number of anilines is 1. The smallest absolute Gasteiger partial charge is 0.234 e. The Morgan fingerprint density at radius 3 is 2.88 bits per heavy atom. The Morgan fingerprint density at radius 2 is 2.00 bits per heavy atom. The zero-order chi connectivity index (χ0) is 23.1. The summed E-state index contributed by atoms with van der Waals surface area (Å²) in [4.78, 5) is 22.1. The van der Waals surface area contributed by atoms with Crippen LogP contribution in [0.3, 0.4) is 0 Å². The Bertz CT molecular complexity index is 1460. The Labute approximate surface area is 205 Å². The maximum absolute atomic E-state index is 12.6. The van der Waals surface area contributed by atoms with Crippen LogP contribution < -0.4 is 5.32 Å². The number of nitrogens with one attached hydrogen (secondary N) is 1. The number of nitrogens with zero attached hydrogens (tertiary/aromatic N) is 4. The van der Waals surface area contributed by atoms with Crippen molar-refractivity contribution >= 4 is 62.0 Å². The lowest BCUT2D eigenvalue weighted by molar-refractivity contribution is -0.113. The van der Waals surface area contributed by atoms with Gasteiger partial charge in [-0.25, -0.2) is 15.0 Å². The fourth-order valence-corrected chi connectivity index (χ4v) is 6.03. The highest BCUT2D eigenvalue weighted by Gasteiger charge is 2.32. The first-order chi connectivity index (χ1) is 16.6. The number of rotatable bonds is 4. The highest BCUT2D eigenvalue weighted by molar-refractivity contribution is 8.14. The van der Waals surface area contributed by atoms with Gasteiger partial charge in [-0.3, -0.25) is 4.79 Å². The van der Waals surface area contributed by atoms with Crippen molar-refractivity contribution in [3.8, 4) is 10.6 Å². The lowest BCUT2D eigenvalue weighted by Gasteiger charge is -2.29. The molecule has 0 saturated heterocycles. The second-order valence-corrected chi connectivity index (χ2v) is 10.2. The van der Waals surface area contributed by atoms with Crippen molar-refractivity contribution in [3.05, 3.63) is 77.9 Å². The van der Waals surface area contributed by atoms with E-state index in [1.165, 1.54) is 27.6 Å². The number of aryl methyl sites for hydroxylation is 1. The standard InChI is InChI=1S/C26H21N5OS2/c1-16-6-11-21-23(14-16)34-25(29-21)17-7-9-18(10-8-17)28-24(32)15-33-26-30-20-5-3-2-4-19(20)22-12-13-27-31(22)26/h2-11,13-14,22H,12,15H2,1H3,(H,28,32). The van der Waals surface area contributed by atoms with E-state index in [-0.39, 0.29) is 17.7 Å². The van der Waals surface area contributed by atoms with E-state index in [0.29, 0.717) is 0 Å². The van der Waals surface area contributed by atoms with Crippen molar-refractivity contribution < 1.29 is 4.79 Å². The number of amidine groups is 1. The molecule has 34 heavy (non-hydrogen) atoms. The third kappa shape index (κ3) is 3.99. The van der Waals surface area contributed by atoms with Gasteiger partial charge < -0.3 is 5.32 Å². The van der Waals surface area contributed by atoms with Crippen LogP contribution in [0.2, 0.25) is 0 Å². The quantitative estimate of drug-likeness (QED) is 0.366. The number of hydrazone groups is 1. The first-order valence-corrected chi connectivity index (χ1v) is 12.8. The minimum absolute atomic E-state index is 0.0745. The van der Waals surface area contributed by atoms with Crippen LogP contribution in [0.4, 0.5) is 11.4 Å². The predicted octanol–water partition coefficient (Wildman–Crippen LogP) is 6.38. The zero-order valence-electron chi connectivity index (χ0n) is 18.4. The molecule has 0 bridgehead atoms. The van der Waals surface area contributed by atoms with E-state index in [0.717, 1.165) is 39.1 Å². The molecule has 1 N–H and O–H groups in total. The summed E-state index contributed by atoms with van der Waals surface area (Å²) in [5.41, 5.74) is 6.18. The fourth-order valence-electron chi connectivity index (χ4n) is 4.16. The predicted molar refractivity (Wildman–Crippen MR) is 142 cm³/mol. The number of aromatic nitrogens is 1. The summed E-state index contributed by atoms with van der Waals surface area (Å²) < 4.78 is 1.18. The molecular weight excluding hydrogens is 462 g/mol. The Hall–Kier alpha value is -3.49. The summed E-state index contributed by atoms with van der Waals surface area (Å²) >= 11 is 3.09. The van der Waals surface area contributed by atoms with Crippen molar-refractivity contribution in [3.63, 3.8) is 0 Å². The summed E-state index contributed by atoms with van der Waals surface area (Å²) in [5, 5.41) is 11.1. The average Bonchev–Trinajstić information content (AvgIpc) is 3.50. The van der Waals surface area contributed by atoms with E-state index in [4.69, 9.17) is 9.98 Å². The molecule has 0 spiro atoms. The number of amides is 1. The normalized spacial score (nSPS) is 16.3. The maximum Gasteiger partial charge on any atom is 0.234 e. The second-order valence-electron chi connectivity index (χ2n) is 8.25. The second kappa shape index (κ2) is 8.70. The maximum atomic E-state index is 12.6. The van der Waals surface area contributed by atoms with E-state index in [2.05, 4.69) is 41.6 Å². The highest BCUT2D eigenvalue weighted by atomic mass is 32.2. The van der Waals surface area contributed by atoms with Crippen LogP contribution in [0.5, 0.6) is 0 Å². The number of thioether (sulfide) groups is 1. The van der Waals surface area contributed by atoms with Crippen LogP contribution in [0.25, 0.3) is 20.8 Å². The third-order valence-corrected chi connectivity index (χ3v) is 7.84. The van der Waals surface area contributed by atoms with E-state index in [9.17, 15) is 4.79 Å². The molecule has 6 nitrogen and oxygen atoms in total. The van der Waals surface area contributed by atoms with Crippen molar-refractivity contribution in [1.29, 1.82) is 0 Å². The van der Waals surface area contributed by atoms with Gasteiger partial charge in [-0.05, 0) is 55.0 Å². The summed E-state index contributed by atoms with van der Waals surface area (Å²) in [7, 11) is 0. The van der Waals surface area contributed by atoms with Gasteiger partial charge in [0.2, 0.25) is 5.91 Å². The SMILES string of the molecule is Cc1ccc2nc(-c3ccc(NC(=O)CSC4=Nc5ccccc5C5CC=NN45)cc3)sc2c1. The van der Waals surface area contributed by atoms with Crippen LogP contribution in [-0.2, 0) is 4.79 Å².